The van der Waals surface area contributed by atoms with E-state index in [0.717, 1.165) is 23.3 Å². The first-order chi connectivity index (χ1) is 13.7. The lowest BCUT2D eigenvalue weighted by Crippen LogP contribution is -2.46. The summed E-state index contributed by atoms with van der Waals surface area (Å²) in [4.78, 5) is 49.8. The highest BCUT2D eigenvalue weighted by Gasteiger charge is 2.56. The van der Waals surface area contributed by atoms with E-state index in [2.05, 4.69) is 10.6 Å². The Kier molecular flexibility index (Phi) is 5.76. The number of nitrogens with one attached hydrogen (secondary N) is 2. The molecule has 1 aliphatic carbocycles. The fourth-order valence-electron chi connectivity index (χ4n) is 3.29. The van der Waals surface area contributed by atoms with E-state index >= 15 is 0 Å². The summed E-state index contributed by atoms with van der Waals surface area (Å²) in [6.45, 7) is 2.84. The normalized spacial score (nSPS) is 22.1. The number of carbonyl (C=O) groups excluding carboxylic acids is 4. The molecule has 3 rings (SSSR count). The first-order valence-electron chi connectivity index (χ1n) is 9.49. The number of rotatable bonds is 8. The minimum atomic E-state index is -1.06. The number of esters is 1. The number of hydrogen-bond donors (Lipinski definition) is 2. The van der Waals surface area contributed by atoms with Crippen LogP contribution in [0.4, 0.5) is 4.79 Å². The summed E-state index contributed by atoms with van der Waals surface area (Å²) in [6, 6.07) is 6.56. The molecule has 2 atom stereocenters. The Balaban J connectivity index is 1.47. The van der Waals surface area contributed by atoms with Gasteiger partial charge in [-0.3, -0.25) is 19.3 Å². The number of methoxy groups -OCH3 is 1. The van der Waals surface area contributed by atoms with Gasteiger partial charge >= 0.3 is 12.0 Å². The Labute approximate surface area is 168 Å². The van der Waals surface area contributed by atoms with Crippen molar-refractivity contribution in [3.05, 3.63) is 29.8 Å². The van der Waals surface area contributed by atoms with Crippen LogP contribution in [0.3, 0.4) is 0 Å². The number of imide groups is 1. The van der Waals surface area contributed by atoms with Crippen LogP contribution in [-0.4, -0.2) is 54.0 Å². The Hall–Kier alpha value is -3.10. The second kappa shape index (κ2) is 8.10. The summed E-state index contributed by atoms with van der Waals surface area (Å²) < 4.78 is 10.2. The van der Waals surface area contributed by atoms with Crippen molar-refractivity contribution in [1.29, 1.82) is 0 Å². The number of ether oxygens (including phenoxy) is 2. The van der Waals surface area contributed by atoms with Crippen molar-refractivity contribution in [2.75, 3.05) is 13.7 Å². The molecular weight excluding hydrogens is 378 g/mol. The lowest BCUT2D eigenvalue weighted by molar-refractivity contribution is -0.156. The van der Waals surface area contributed by atoms with Crippen LogP contribution in [0.1, 0.15) is 32.3 Å². The molecule has 1 aromatic rings. The van der Waals surface area contributed by atoms with Crippen LogP contribution >= 0.6 is 0 Å². The molecule has 2 N–H and O–H groups in total. The SMILES string of the molecule is COc1ccc(CNC(=O)[C@@H](C)OC(=O)CN2C(=O)N[C@](C)(C3CC3)C2=O)cc1. The third-order valence-electron chi connectivity index (χ3n) is 5.29. The van der Waals surface area contributed by atoms with E-state index in [-0.39, 0.29) is 12.5 Å². The van der Waals surface area contributed by atoms with Gasteiger partial charge in [-0.05, 0) is 50.3 Å². The fourth-order valence-corrected chi connectivity index (χ4v) is 3.29. The molecule has 2 aliphatic rings. The molecule has 2 fully saturated rings. The first kappa shape index (κ1) is 20.6. The quantitative estimate of drug-likeness (QED) is 0.494. The van der Waals surface area contributed by atoms with Gasteiger partial charge in [-0.2, -0.15) is 0 Å². The molecule has 1 saturated heterocycles. The minimum Gasteiger partial charge on any atom is -0.497 e. The maximum atomic E-state index is 12.5. The first-order valence-corrected chi connectivity index (χ1v) is 9.49. The molecule has 0 unspecified atom stereocenters. The molecule has 4 amide bonds. The van der Waals surface area contributed by atoms with Gasteiger partial charge in [0, 0.05) is 6.54 Å². The van der Waals surface area contributed by atoms with E-state index < -0.39 is 42.0 Å². The molecule has 1 heterocycles. The molecule has 1 saturated carbocycles. The second-order valence-corrected chi connectivity index (χ2v) is 7.50. The zero-order chi connectivity index (χ0) is 21.2. The highest BCUT2D eigenvalue weighted by atomic mass is 16.5. The summed E-state index contributed by atoms with van der Waals surface area (Å²) in [7, 11) is 1.57. The molecule has 29 heavy (non-hydrogen) atoms. The van der Waals surface area contributed by atoms with Gasteiger partial charge in [0.05, 0.1) is 7.11 Å². The van der Waals surface area contributed by atoms with Gasteiger partial charge < -0.3 is 20.1 Å². The highest BCUT2D eigenvalue weighted by molar-refractivity contribution is 6.08. The lowest BCUT2D eigenvalue weighted by Gasteiger charge is -2.21. The summed E-state index contributed by atoms with van der Waals surface area (Å²) >= 11 is 0. The highest BCUT2D eigenvalue weighted by Crippen LogP contribution is 2.42. The molecule has 9 heteroatoms. The smallest absolute Gasteiger partial charge is 0.327 e. The topological polar surface area (TPSA) is 114 Å². The summed E-state index contributed by atoms with van der Waals surface area (Å²) in [5, 5.41) is 5.33. The zero-order valence-electron chi connectivity index (χ0n) is 16.7. The van der Waals surface area contributed by atoms with Gasteiger partial charge in [0.25, 0.3) is 11.8 Å². The van der Waals surface area contributed by atoms with E-state index in [9.17, 15) is 19.2 Å². The fraction of sp³-hybridized carbons (Fsp3) is 0.500. The van der Waals surface area contributed by atoms with Gasteiger partial charge in [0.2, 0.25) is 0 Å². The average molecular weight is 403 g/mol. The van der Waals surface area contributed by atoms with E-state index in [4.69, 9.17) is 9.47 Å². The van der Waals surface area contributed by atoms with Gasteiger partial charge in [0.15, 0.2) is 6.10 Å². The number of hydrogen-bond acceptors (Lipinski definition) is 6. The molecule has 1 aromatic carbocycles. The van der Waals surface area contributed by atoms with Crippen LogP contribution in [0.5, 0.6) is 5.75 Å². The molecule has 0 aromatic heterocycles. The third kappa shape index (κ3) is 4.49. The summed E-state index contributed by atoms with van der Waals surface area (Å²) in [5.74, 6) is -0.920. The van der Waals surface area contributed by atoms with Crippen LogP contribution in [0.2, 0.25) is 0 Å². The zero-order valence-corrected chi connectivity index (χ0v) is 16.7. The van der Waals surface area contributed by atoms with E-state index in [1.54, 1.807) is 26.2 Å². The Morgan fingerprint density at radius 1 is 1.28 bits per heavy atom. The predicted molar refractivity (Wildman–Crippen MR) is 102 cm³/mol. The summed E-state index contributed by atoms with van der Waals surface area (Å²) in [5.41, 5.74) is -0.102. The lowest BCUT2D eigenvalue weighted by atomic mass is 9.96. The van der Waals surface area contributed by atoms with Crippen LogP contribution in [-0.2, 0) is 25.7 Å². The maximum absolute atomic E-state index is 12.5. The van der Waals surface area contributed by atoms with E-state index in [1.165, 1.54) is 6.92 Å². The molecule has 0 spiro atoms. The van der Waals surface area contributed by atoms with E-state index in [1.807, 2.05) is 12.1 Å². The number of urea groups is 1. The van der Waals surface area contributed by atoms with Crippen LogP contribution in [0.15, 0.2) is 24.3 Å². The van der Waals surface area contributed by atoms with Crippen molar-refractivity contribution in [3.8, 4) is 5.75 Å². The number of benzene rings is 1. The van der Waals surface area contributed by atoms with Gasteiger partial charge in [0.1, 0.15) is 17.8 Å². The number of nitrogens with zero attached hydrogens (tertiary/aromatic N) is 1. The van der Waals surface area contributed by atoms with Gasteiger partial charge in [-0.25, -0.2) is 4.79 Å². The Bertz CT molecular complexity index is 820. The van der Waals surface area contributed by atoms with Crippen molar-refractivity contribution in [3.63, 3.8) is 0 Å². The minimum absolute atomic E-state index is 0.0997. The Morgan fingerprint density at radius 3 is 2.52 bits per heavy atom. The number of amides is 4. The average Bonchev–Trinajstić information content (AvgIpc) is 3.52. The molecule has 1 aliphatic heterocycles. The van der Waals surface area contributed by atoms with Gasteiger partial charge in [-0.15, -0.1) is 0 Å². The standard InChI is InChI=1S/C20H25N3O6/c1-12(17(25)21-10-13-4-8-15(28-3)9-5-13)29-16(24)11-23-18(26)20(2,14-6-7-14)22-19(23)27/h4-5,8-9,12,14H,6-7,10-11H2,1-3H3,(H,21,25)(H,22,27)/t12-,20-/m1/s1. The van der Waals surface area contributed by atoms with Crippen LogP contribution < -0.4 is 15.4 Å². The summed E-state index contributed by atoms with van der Waals surface area (Å²) in [6.07, 6.45) is 0.676. The molecule has 9 nitrogen and oxygen atoms in total. The number of carbonyl (C=O) groups is 4. The van der Waals surface area contributed by atoms with E-state index in [0.29, 0.717) is 5.75 Å². The van der Waals surface area contributed by atoms with Gasteiger partial charge in [-0.1, -0.05) is 12.1 Å². The van der Waals surface area contributed by atoms with Crippen molar-refractivity contribution in [2.24, 2.45) is 5.92 Å². The van der Waals surface area contributed by atoms with Crippen LogP contribution in [0, 0.1) is 5.92 Å². The Morgan fingerprint density at radius 2 is 1.93 bits per heavy atom. The van der Waals surface area contributed by atoms with Crippen LogP contribution in [0.25, 0.3) is 0 Å². The molecule has 156 valence electrons. The predicted octanol–water partition coefficient (Wildman–Crippen LogP) is 0.964. The van der Waals surface area contributed by atoms with Crippen molar-refractivity contribution in [1.82, 2.24) is 15.5 Å². The van der Waals surface area contributed by atoms with Crippen molar-refractivity contribution >= 4 is 23.8 Å². The van der Waals surface area contributed by atoms with Crippen molar-refractivity contribution in [2.45, 2.75) is 44.9 Å². The van der Waals surface area contributed by atoms with Crippen molar-refractivity contribution < 1.29 is 28.7 Å². The largest absolute Gasteiger partial charge is 0.497 e. The molecular formula is C20H25N3O6. The second-order valence-electron chi connectivity index (χ2n) is 7.50. The molecule has 0 radical (unpaired) electrons. The third-order valence-corrected chi connectivity index (χ3v) is 5.29. The molecule has 0 bridgehead atoms. The maximum Gasteiger partial charge on any atom is 0.327 e. The monoisotopic (exact) mass is 403 g/mol.